The summed E-state index contributed by atoms with van der Waals surface area (Å²) in [6, 6.07) is 16.0. The number of piperazine rings is 1. The van der Waals surface area contributed by atoms with Gasteiger partial charge < -0.3 is 21.3 Å². The third-order valence-corrected chi connectivity index (χ3v) is 5.81. The first kappa shape index (κ1) is 21.7. The Hall–Kier alpha value is -3.49. The number of nitrogen functional groups attached to an aromatic ring is 1. The van der Waals surface area contributed by atoms with Gasteiger partial charge in [0.05, 0.1) is 11.3 Å². The Balaban J connectivity index is 1.51. The van der Waals surface area contributed by atoms with Crippen molar-refractivity contribution in [3.05, 3.63) is 71.5 Å². The number of anilines is 4. The molecule has 1 fully saturated rings. The van der Waals surface area contributed by atoms with Crippen LogP contribution in [0.4, 0.5) is 23.0 Å². The predicted molar refractivity (Wildman–Crippen MR) is 131 cm³/mol. The number of nitrogens with zero attached hydrogens (tertiary/aromatic N) is 4. The Labute approximate surface area is 189 Å². The number of aromatic nitrogens is 2. The third-order valence-electron chi connectivity index (χ3n) is 5.81. The largest absolute Gasteiger partial charge is 0.388 e. The average Bonchev–Trinajstić information content (AvgIpc) is 2.81. The standard InChI is InChI=1S/C24H30N8/c1-27-19-7-9-20(10-8-19)30-24-21(23(26)28-16-29-24)22(25)18-5-3-17(4-6-18)15-32-13-11-31(2)12-14-32/h3-10,16,25,27H,11-15H2,1-2H3,(H3,26,28,29,30). The van der Waals surface area contributed by atoms with Crippen LogP contribution in [0.1, 0.15) is 16.7 Å². The fourth-order valence-corrected chi connectivity index (χ4v) is 3.78. The van der Waals surface area contributed by atoms with E-state index in [-0.39, 0.29) is 5.82 Å². The molecule has 2 aromatic carbocycles. The summed E-state index contributed by atoms with van der Waals surface area (Å²) in [5.41, 5.74) is 10.9. The molecule has 0 radical (unpaired) electrons. The molecule has 3 aromatic rings. The maximum absolute atomic E-state index is 8.80. The second kappa shape index (κ2) is 9.76. The lowest BCUT2D eigenvalue weighted by atomic mass is 10.0. The Morgan fingerprint density at radius 2 is 1.62 bits per heavy atom. The van der Waals surface area contributed by atoms with Crippen molar-refractivity contribution in [3.63, 3.8) is 0 Å². The van der Waals surface area contributed by atoms with Gasteiger partial charge in [0.25, 0.3) is 0 Å². The van der Waals surface area contributed by atoms with Crippen molar-refractivity contribution in [2.24, 2.45) is 0 Å². The molecular formula is C24H30N8. The summed E-state index contributed by atoms with van der Waals surface area (Å²) in [6.07, 6.45) is 1.41. The van der Waals surface area contributed by atoms with E-state index in [4.69, 9.17) is 11.1 Å². The van der Waals surface area contributed by atoms with Crippen molar-refractivity contribution in [3.8, 4) is 0 Å². The van der Waals surface area contributed by atoms with Gasteiger partial charge in [-0.2, -0.15) is 0 Å². The molecule has 0 saturated carbocycles. The third kappa shape index (κ3) is 5.04. The molecule has 166 valence electrons. The zero-order valence-corrected chi connectivity index (χ0v) is 18.6. The fraction of sp³-hybridized carbons (Fsp3) is 0.292. The minimum atomic E-state index is 0.279. The van der Waals surface area contributed by atoms with E-state index >= 15 is 0 Å². The molecule has 5 N–H and O–H groups in total. The molecule has 1 aromatic heterocycles. The van der Waals surface area contributed by atoms with Crippen molar-refractivity contribution in [2.75, 3.05) is 56.6 Å². The molecule has 4 rings (SSSR count). The van der Waals surface area contributed by atoms with E-state index < -0.39 is 0 Å². The Morgan fingerprint density at radius 1 is 0.969 bits per heavy atom. The quantitative estimate of drug-likeness (QED) is 0.427. The van der Waals surface area contributed by atoms with Gasteiger partial charge in [-0.05, 0) is 36.9 Å². The first-order chi connectivity index (χ1) is 15.5. The van der Waals surface area contributed by atoms with Crippen LogP contribution in [0.25, 0.3) is 0 Å². The van der Waals surface area contributed by atoms with Crippen molar-refractivity contribution in [2.45, 2.75) is 6.54 Å². The lowest BCUT2D eigenvalue weighted by molar-refractivity contribution is 0.148. The van der Waals surface area contributed by atoms with Crippen LogP contribution in [-0.4, -0.2) is 65.8 Å². The summed E-state index contributed by atoms with van der Waals surface area (Å²) in [7, 11) is 4.04. The van der Waals surface area contributed by atoms with Crippen LogP contribution in [0, 0.1) is 5.41 Å². The van der Waals surface area contributed by atoms with Gasteiger partial charge in [0, 0.05) is 56.7 Å². The molecule has 1 saturated heterocycles. The van der Waals surface area contributed by atoms with Gasteiger partial charge >= 0.3 is 0 Å². The van der Waals surface area contributed by atoms with Crippen LogP contribution >= 0.6 is 0 Å². The molecule has 0 atom stereocenters. The van der Waals surface area contributed by atoms with Gasteiger partial charge in [-0.1, -0.05) is 24.3 Å². The number of hydrogen-bond donors (Lipinski definition) is 4. The molecule has 1 aliphatic rings. The van der Waals surface area contributed by atoms with Gasteiger partial charge in [0.2, 0.25) is 0 Å². The number of hydrogen-bond acceptors (Lipinski definition) is 8. The van der Waals surface area contributed by atoms with E-state index in [1.54, 1.807) is 0 Å². The van der Waals surface area contributed by atoms with E-state index in [9.17, 15) is 0 Å². The monoisotopic (exact) mass is 430 g/mol. The molecule has 8 heteroatoms. The predicted octanol–water partition coefficient (Wildman–Crippen LogP) is 3.01. The molecule has 8 nitrogen and oxygen atoms in total. The Bertz CT molecular complexity index is 1050. The number of likely N-dealkylation sites (N-methyl/N-ethyl adjacent to an activating group) is 1. The molecule has 0 aliphatic carbocycles. The Kier molecular flexibility index (Phi) is 6.63. The summed E-state index contributed by atoms with van der Waals surface area (Å²) in [5.74, 6) is 0.794. The van der Waals surface area contributed by atoms with E-state index in [0.29, 0.717) is 17.1 Å². The van der Waals surface area contributed by atoms with Crippen LogP contribution < -0.4 is 16.4 Å². The topological polar surface area (TPSA) is 106 Å². The fourth-order valence-electron chi connectivity index (χ4n) is 3.78. The zero-order chi connectivity index (χ0) is 22.5. The maximum atomic E-state index is 8.80. The van der Waals surface area contributed by atoms with E-state index in [1.807, 2.05) is 43.4 Å². The first-order valence-electron chi connectivity index (χ1n) is 10.8. The van der Waals surface area contributed by atoms with Crippen LogP contribution in [0.2, 0.25) is 0 Å². The van der Waals surface area contributed by atoms with Gasteiger partial charge in [-0.25, -0.2) is 9.97 Å². The van der Waals surface area contributed by atoms with Gasteiger partial charge in [0.15, 0.2) is 0 Å². The summed E-state index contributed by atoms with van der Waals surface area (Å²) in [6.45, 7) is 5.28. The minimum absolute atomic E-state index is 0.279. The summed E-state index contributed by atoms with van der Waals surface area (Å²) in [5, 5.41) is 15.2. The normalized spacial score (nSPS) is 14.8. The molecule has 0 amide bonds. The SMILES string of the molecule is CNc1ccc(Nc2ncnc(N)c2C(=N)c2ccc(CN3CCN(C)CC3)cc2)cc1. The molecule has 32 heavy (non-hydrogen) atoms. The summed E-state index contributed by atoms with van der Waals surface area (Å²) >= 11 is 0. The van der Waals surface area contributed by atoms with Crippen molar-refractivity contribution < 1.29 is 0 Å². The highest BCUT2D eigenvalue weighted by Crippen LogP contribution is 2.25. The van der Waals surface area contributed by atoms with Crippen LogP contribution in [0.3, 0.4) is 0 Å². The van der Waals surface area contributed by atoms with E-state index in [2.05, 4.69) is 49.6 Å². The van der Waals surface area contributed by atoms with Crippen LogP contribution in [0.5, 0.6) is 0 Å². The minimum Gasteiger partial charge on any atom is -0.388 e. The highest BCUT2D eigenvalue weighted by molar-refractivity contribution is 6.16. The van der Waals surface area contributed by atoms with Crippen molar-refractivity contribution in [1.82, 2.24) is 19.8 Å². The maximum Gasteiger partial charge on any atom is 0.145 e. The van der Waals surface area contributed by atoms with Gasteiger partial charge in [-0.15, -0.1) is 0 Å². The summed E-state index contributed by atoms with van der Waals surface area (Å²) < 4.78 is 0. The van der Waals surface area contributed by atoms with Gasteiger partial charge in [0.1, 0.15) is 18.0 Å². The number of nitrogens with two attached hydrogens (primary N) is 1. The second-order valence-electron chi connectivity index (χ2n) is 8.09. The lowest BCUT2D eigenvalue weighted by Gasteiger charge is -2.32. The molecule has 2 heterocycles. The van der Waals surface area contributed by atoms with E-state index in [0.717, 1.165) is 49.7 Å². The molecular weight excluding hydrogens is 400 g/mol. The number of rotatable bonds is 7. The number of benzene rings is 2. The molecule has 0 spiro atoms. The lowest BCUT2D eigenvalue weighted by Crippen LogP contribution is -2.43. The summed E-state index contributed by atoms with van der Waals surface area (Å²) in [4.78, 5) is 13.3. The Morgan fingerprint density at radius 3 is 2.28 bits per heavy atom. The molecule has 0 bridgehead atoms. The first-order valence-corrected chi connectivity index (χ1v) is 10.8. The van der Waals surface area contributed by atoms with Crippen molar-refractivity contribution >= 4 is 28.7 Å². The zero-order valence-electron chi connectivity index (χ0n) is 18.6. The highest BCUT2D eigenvalue weighted by Gasteiger charge is 2.17. The van der Waals surface area contributed by atoms with Crippen LogP contribution in [-0.2, 0) is 6.54 Å². The van der Waals surface area contributed by atoms with Crippen LogP contribution in [0.15, 0.2) is 54.9 Å². The highest BCUT2D eigenvalue weighted by atomic mass is 15.2. The number of nitrogens with one attached hydrogen (secondary N) is 3. The smallest absolute Gasteiger partial charge is 0.145 e. The molecule has 0 unspecified atom stereocenters. The van der Waals surface area contributed by atoms with Gasteiger partial charge in [-0.3, -0.25) is 10.3 Å². The average molecular weight is 431 g/mol. The van der Waals surface area contributed by atoms with E-state index in [1.165, 1.54) is 11.9 Å². The second-order valence-corrected chi connectivity index (χ2v) is 8.09. The van der Waals surface area contributed by atoms with Crippen molar-refractivity contribution in [1.29, 1.82) is 5.41 Å². The molecule has 1 aliphatic heterocycles.